The van der Waals surface area contributed by atoms with Crippen LogP contribution in [0.15, 0.2) is 65.1 Å². The Hall–Kier alpha value is -3.31. The number of carbonyl (C=O) groups excluding carboxylic acids is 1. The van der Waals surface area contributed by atoms with Crippen molar-refractivity contribution in [2.75, 3.05) is 0 Å². The van der Waals surface area contributed by atoms with E-state index in [0.29, 0.717) is 23.1 Å². The number of benzene rings is 2. The van der Waals surface area contributed by atoms with Crippen LogP contribution in [0.25, 0.3) is 17.4 Å². The molecular formula is C22H18ClNO4. The van der Waals surface area contributed by atoms with E-state index < -0.39 is 5.97 Å². The summed E-state index contributed by atoms with van der Waals surface area (Å²) in [6, 6.07) is 15.6. The highest BCUT2D eigenvalue weighted by Gasteiger charge is 2.06. The third-order valence-corrected chi connectivity index (χ3v) is 4.56. The molecule has 0 bridgehead atoms. The van der Waals surface area contributed by atoms with E-state index >= 15 is 0 Å². The zero-order valence-corrected chi connectivity index (χ0v) is 15.9. The van der Waals surface area contributed by atoms with Crippen LogP contribution >= 0.6 is 11.6 Å². The lowest BCUT2D eigenvalue weighted by Crippen LogP contribution is -2.20. The highest BCUT2D eigenvalue weighted by Crippen LogP contribution is 2.27. The van der Waals surface area contributed by atoms with Crippen LogP contribution in [-0.4, -0.2) is 17.0 Å². The molecule has 0 radical (unpaired) electrons. The molecule has 28 heavy (non-hydrogen) atoms. The van der Waals surface area contributed by atoms with Crippen LogP contribution in [0.5, 0.6) is 0 Å². The number of aromatic carboxylic acids is 1. The predicted molar refractivity (Wildman–Crippen MR) is 108 cm³/mol. The van der Waals surface area contributed by atoms with Crippen molar-refractivity contribution < 1.29 is 19.1 Å². The van der Waals surface area contributed by atoms with Crippen LogP contribution in [0.1, 0.15) is 27.2 Å². The van der Waals surface area contributed by atoms with E-state index in [2.05, 4.69) is 5.32 Å². The summed E-state index contributed by atoms with van der Waals surface area (Å²) in [4.78, 5) is 22.8. The Morgan fingerprint density at radius 1 is 1.11 bits per heavy atom. The monoisotopic (exact) mass is 395 g/mol. The Morgan fingerprint density at radius 3 is 2.54 bits per heavy atom. The molecule has 2 N–H and O–H groups in total. The smallest absolute Gasteiger partial charge is 0.335 e. The molecule has 142 valence electrons. The Kier molecular flexibility index (Phi) is 5.96. The minimum Gasteiger partial charge on any atom is -0.478 e. The molecule has 3 rings (SSSR count). The third-order valence-electron chi connectivity index (χ3n) is 4.15. The number of rotatable bonds is 6. The van der Waals surface area contributed by atoms with Gasteiger partial charge in [0.1, 0.15) is 11.5 Å². The summed E-state index contributed by atoms with van der Waals surface area (Å²) >= 11 is 6.14. The fourth-order valence-corrected chi connectivity index (χ4v) is 2.70. The van der Waals surface area contributed by atoms with Gasteiger partial charge in [0.05, 0.1) is 5.56 Å². The number of nitrogens with one attached hydrogen (secondary N) is 1. The quantitative estimate of drug-likeness (QED) is 0.579. The second kappa shape index (κ2) is 8.59. The summed E-state index contributed by atoms with van der Waals surface area (Å²) in [5.41, 5.74) is 2.87. The molecule has 0 spiro atoms. The summed E-state index contributed by atoms with van der Waals surface area (Å²) in [7, 11) is 0. The van der Waals surface area contributed by atoms with E-state index in [1.54, 1.807) is 24.3 Å². The summed E-state index contributed by atoms with van der Waals surface area (Å²) < 4.78 is 5.73. The molecule has 0 unspecified atom stereocenters. The first-order valence-electron chi connectivity index (χ1n) is 8.57. The molecule has 0 saturated carbocycles. The van der Waals surface area contributed by atoms with E-state index in [4.69, 9.17) is 21.1 Å². The van der Waals surface area contributed by atoms with E-state index in [0.717, 1.165) is 16.7 Å². The molecule has 3 aromatic rings. The lowest BCUT2D eigenvalue weighted by molar-refractivity contribution is -0.116. The fourth-order valence-electron chi connectivity index (χ4n) is 2.51. The maximum Gasteiger partial charge on any atom is 0.335 e. The van der Waals surface area contributed by atoms with Gasteiger partial charge in [0.2, 0.25) is 5.91 Å². The standard InChI is InChI=1S/C22H18ClNO4/c1-14-2-5-17(12-19(14)23)20-10-8-18(28-20)9-11-21(25)24-13-15-3-6-16(7-4-15)22(26)27/h2-12H,13H2,1H3,(H,24,25)(H,26,27)/b11-9+. The van der Waals surface area contributed by atoms with Gasteiger partial charge < -0.3 is 14.8 Å². The van der Waals surface area contributed by atoms with Crippen LogP contribution in [0, 0.1) is 6.92 Å². The van der Waals surface area contributed by atoms with Crippen LogP contribution in [0.4, 0.5) is 0 Å². The third kappa shape index (κ3) is 4.90. The van der Waals surface area contributed by atoms with Crippen LogP contribution < -0.4 is 5.32 Å². The van der Waals surface area contributed by atoms with E-state index in [1.807, 2.05) is 31.2 Å². The molecule has 1 aromatic heterocycles. The predicted octanol–water partition coefficient (Wildman–Crippen LogP) is 4.94. The molecule has 1 heterocycles. The lowest BCUT2D eigenvalue weighted by Gasteiger charge is -2.03. The molecule has 0 fully saturated rings. The van der Waals surface area contributed by atoms with Crippen molar-refractivity contribution in [3.63, 3.8) is 0 Å². The number of carboxylic acids is 1. The van der Waals surface area contributed by atoms with Gasteiger partial charge in [-0.2, -0.15) is 0 Å². The summed E-state index contributed by atoms with van der Waals surface area (Å²) in [6.45, 7) is 2.23. The van der Waals surface area contributed by atoms with Gasteiger partial charge in [0.25, 0.3) is 0 Å². The molecular weight excluding hydrogens is 378 g/mol. The molecule has 2 aromatic carbocycles. The highest BCUT2D eigenvalue weighted by atomic mass is 35.5. The molecule has 0 aliphatic rings. The van der Waals surface area contributed by atoms with Gasteiger partial charge in [-0.05, 0) is 54.5 Å². The second-order valence-electron chi connectivity index (χ2n) is 6.22. The van der Waals surface area contributed by atoms with Gasteiger partial charge in [-0.15, -0.1) is 0 Å². The minimum atomic E-state index is -0.982. The van der Waals surface area contributed by atoms with E-state index in [1.165, 1.54) is 18.2 Å². The zero-order valence-electron chi connectivity index (χ0n) is 15.1. The first-order chi connectivity index (χ1) is 13.4. The lowest BCUT2D eigenvalue weighted by atomic mass is 10.1. The average molecular weight is 396 g/mol. The van der Waals surface area contributed by atoms with Crippen LogP contribution in [-0.2, 0) is 11.3 Å². The van der Waals surface area contributed by atoms with E-state index in [9.17, 15) is 9.59 Å². The first-order valence-corrected chi connectivity index (χ1v) is 8.94. The second-order valence-corrected chi connectivity index (χ2v) is 6.63. The number of furan rings is 1. The van der Waals surface area contributed by atoms with E-state index in [-0.39, 0.29) is 11.5 Å². The number of hydrogen-bond donors (Lipinski definition) is 2. The van der Waals surface area contributed by atoms with Crippen molar-refractivity contribution in [3.8, 4) is 11.3 Å². The Labute approximate surface area is 167 Å². The van der Waals surface area contributed by atoms with Gasteiger partial charge in [-0.1, -0.05) is 35.9 Å². The average Bonchev–Trinajstić information content (AvgIpc) is 3.16. The molecule has 0 aliphatic heterocycles. The molecule has 6 heteroatoms. The summed E-state index contributed by atoms with van der Waals surface area (Å²) in [5, 5.41) is 12.3. The molecule has 0 saturated heterocycles. The SMILES string of the molecule is Cc1ccc(-c2ccc(/C=C/C(=O)NCc3ccc(C(=O)O)cc3)o2)cc1Cl. The first kappa shape index (κ1) is 19.5. The number of hydrogen-bond acceptors (Lipinski definition) is 3. The zero-order chi connectivity index (χ0) is 20.1. The topological polar surface area (TPSA) is 79.5 Å². The van der Waals surface area contributed by atoms with Gasteiger partial charge in [-0.3, -0.25) is 4.79 Å². The molecule has 1 amide bonds. The normalized spacial score (nSPS) is 10.9. The van der Waals surface area contributed by atoms with Gasteiger partial charge in [-0.25, -0.2) is 4.79 Å². The van der Waals surface area contributed by atoms with Crippen molar-refractivity contribution in [3.05, 3.63) is 88.1 Å². The number of amides is 1. The Balaban J connectivity index is 1.57. The number of aryl methyl sites for hydroxylation is 1. The Morgan fingerprint density at radius 2 is 1.86 bits per heavy atom. The number of carbonyl (C=O) groups is 2. The molecule has 5 nitrogen and oxygen atoms in total. The van der Waals surface area contributed by atoms with Crippen molar-refractivity contribution in [1.29, 1.82) is 0 Å². The maximum atomic E-state index is 12.0. The fraction of sp³-hybridized carbons (Fsp3) is 0.0909. The van der Waals surface area contributed by atoms with Gasteiger partial charge >= 0.3 is 5.97 Å². The van der Waals surface area contributed by atoms with Crippen LogP contribution in [0.2, 0.25) is 5.02 Å². The molecule has 0 atom stereocenters. The minimum absolute atomic E-state index is 0.207. The number of carboxylic acid groups (broad SMARTS) is 1. The molecule has 0 aliphatic carbocycles. The summed E-state index contributed by atoms with van der Waals surface area (Å²) in [6.07, 6.45) is 2.97. The largest absolute Gasteiger partial charge is 0.478 e. The van der Waals surface area contributed by atoms with Crippen LogP contribution in [0.3, 0.4) is 0 Å². The highest BCUT2D eigenvalue weighted by molar-refractivity contribution is 6.31. The van der Waals surface area contributed by atoms with Crippen molar-refractivity contribution >= 4 is 29.6 Å². The van der Waals surface area contributed by atoms with Gasteiger partial charge in [0, 0.05) is 23.2 Å². The van der Waals surface area contributed by atoms with Crippen molar-refractivity contribution in [2.45, 2.75) is 13.5 Å². The summed E-state index contributed by atoms with van der Waals surface area (Å²) in [5.74, 6) is -0.0453. The number of halogens is 1. The van der Waals surface area contributed by atoms with Crippen molar-refractivity contribution in [1.82, 2.24) is 5.32 Å². The van der Waals surface area contributed by atoms with Gasteiger partial charge in [0.15, 0.2) is 0 Å². The Bertz CT molecular complexity index is 1030. The maximum absolute atomic E-state index is 12.0. The van der Waals surface area contributed by atoms with Crippen molar-refractivity contribution in [2.24, 2.45) is 0 Å².